The number of likely N-dealkylation sites (N-methyl/N-ethyl adjacent to an activating group) is 1. The second-order valence-corrected chi connectivity index (χ2v) is 4.38. The van der Waals surface area contributed by atoms with Crippen molar-refractivity contribution < 1.29 is 4.79 Å². The molecule has 5 heteroatoms. The van der Waals surface area contributed by atoms with E-state index in [4.69, 9.17) is 5.73 Å². The molecule has 0 saturated carbocycles. The molecule has 5 nitrogen and oxygen atoms in total. The van der Waals surface area contributed by atoms with Crippen LogP contribution in [0.3, 0.4) is 0 Å². The van der Waals surface area contributed by atoms with Crippen molar-refractivity contribution in [2.75, 3.05) is 40.8 Å². The standard InChI is InChI=1S/C10H22N4O/c1-12(2)13(3)10(15)8-14-6-4-9(11)5-7-14/h9H,4-8,11H2,1-3H3. The summed E-state index contributed by atoms with van der Waals surface area (Å²) < 4.78 is 0. The molecule has 15 heavy (non-hydrogen) atoms. The highest BCUT2D eigenvalue weighted by Crippen LogP contribution is 2.08. The van der Waals surface area contributed by atoms with E-state index in [1.54, 1.807) is 17.1 Å². The lowest BCUT2D eigenvalue weighted by atomic mass is 10.1. The first kappa shape index (κ1) is 12.4. The number of likely N-dealkylation sites (tertiary alicyclic amines) is 1. The van der Waals surface area contributed by atoms with Crippen LogP contribution in [0.2, 0.25) is 0 Å². The number of rotatable bonds is 3. The van der Waals surface area contributed by atoms with Crippen molar-refractivity contribution >= 4 is 5.91 Å². The monoisotopic (exact) mass is 214 g/mol. The Morgan fingerprint density at radius 3 is 2.33 bits per heavy atom. The van der Waals surface area contributed by atoms with E-state index in [9.17, 15) is 4.79 Å². The second kappa shape index (κ2) is 5.44. The number of hydrogen-bond acceptors (Lipinski definition) is 4. The number of nitrogens with two attached hydrogens (primary N) is 1. The SMILES string of the molecule is CN(C)N(C)C(=O)CN1CCC(N)CC1. The number of hydrogen-bond donors (Lipinski definition) is 1. The van der Waals surface area contributed by atoms with E-state index < -0.39 is 0 Å². The van der Waals surface area contributed by atoms with Crippen LogP contribution in [0.25, 0.3) is 0 Å². The molecule has 0 atom stereocenters. The van der Waals surface area contributed by atoms with E-state index in [1.165, 1.54) is 0 Å². The van der Waals surface area contributed by atoms with Crippen molar-refractivity contribution in [3.63, 3.8) is 0 Å². The molecular formula is C10H22N4O. The van der Waals surface area contributed by atoms with Crippen molar-refractivity contribution in [2.24, 2.45) is 5.73 Å². The highest BCUT2D eigenvalue weighted by molar-refractivity contribution is 5.77. The maximum atomic E-state index is 11.7. The largest absolute Gasteiger partial charge is 0.328 e. The van der Waals surface area contributed by atoms with Gasteiger partial charge in [-0.1, -0.05) is 0 Å². The fourth-order valence-electron chi connectivity index (χ4n) is 1.63. The van der Waals surface area contributed by atoms with Crippen molar-refractivity contribution in [1.82, 2.24) is 14.9 Å². The van der Waals surface area contributed by atoms with Crippen LogP contribution in [0.4, 0.5) is 0 Å². The van der Waals surface area contributed by atoms with Crippen LogP contribution in [-0.2, 0) is 4.79 Å². The first-order valence-corrected chi connectivity index (χ1v) is 5.42. The van der Waals surface area contributed by atoms with Crippen LogP contribution in [0.1, 0.15) is 12.8 Å². The lowest BCUT2D eigenvalue weighted by Gasteiger charge is -2.32. The zero-order valence-corrected chi connectivity index (χ0v) is 9.94. The molecule has 1 aliphatic heterocycles. The molecule has 88 valence electrons. The average Bonchev–Trinajstić information content (AvgIpc) is 2.20. The van der Waals surface area contributed by atoms with Gasteiger partial charge in [0, 0.05) is 40.3 Å². The average molecular weight is 214 g/mol. The Labute approximate surface area is 91.8 Å². The van der Waals surface area contributed by atoms with E-state index in [1.807, 2.05) is 14.1 Å². The van der Waals surface area contributed by atoms with Gasteiger partial charge in [-0.05, 0) is 12.8 Å². The molecule has 0 aromatic heterocycles. The predicted octanol–water partition coefficient (Wildman–Crippen LogP) is -0.655. The van der Waals surface area contributed by atoms with E-state index >= 15 is 0 Å². The zero-order chi connectivity index (χ0) is 11.4. The molecule has 0 aliphatic carbocycles. The summed E-state index contributed by atoms with van der Waals surface area (Å²) in [5, 5.41) is 3.42. The predicted molar refractivity (Wildman–Crippen MR) is 60.1 cm³/mol. The van der Waals surface area contributed by atoms with Crippen LogP contribution < -0.4 is 5.73 Å². The van der Waals surface area contributed by atoms with Gasteiger partial charge in [-0.2, -0.15) is 0 Å². The third-order valence-corrected chi connectivity index (χ3v) is 2.95. The number of carbonyl (C=O) groups is 1. The Bertz CT molecular complexity index is 211. The van der Waals surface area contributed by atoms with Gasteiger partial charge in [0.25, 0.3) is 5.91 Å². The van der Waals surface area contributed by atoms with Crippen molar-refractivity contribution in [1.29, 1.82) is 0 Å². The summed E-state index contributed by atoms with van der Waals surface area (Å²) in [6, 6.07) is 0.322. The van der Waals surface area contributed by atoms with Crippen molar-refractivity contribution in [2.45, 2.75) is 18.9 Å². The van der Waals surface area contributed by atoms with Gasteiger partial charge >= 0.3 is 0 Å². The molecule has 1 amide bonds. The molecule has 0 unspecified atom stereocenters. The van der Waals surface area contributed by atoms with E-state index in [-0.39, 0.29) is 5.91 Å². The minimum Gasteiger partial charge on any atom is -0.328 e. The Morgan fingerprint density at radius 1 is 1.33 bits per heavy atom. The molecule has 0 aromatic carbocycles. The van der Waals surface area contributed by atoms with Crippen LogP contribution in [0, 0.1) is 0 Å². The first-order valence-electron chi connectivity index (χ1n) is 5.42. The summed E-state index contributed by atoms with van der Waals surface area (Å²) >= 11 is 0. The van der Waals surface area contributed by atoms with Crippen molar-refractivity contribution in [3.05, 3.63) is 0 Å². The topological polar surface area (TPSA) is 52.8 Å². The fourth-order valence-corrected chi connectivity index (χ4v) is 1.63. The summed E-state index contributed by atoms with van der Waals surface area (Å²) in [5.74, 6) is 0.135. The van der Waals surface area contributed by atoms with Gasteiger partial charge in [-0.25, -0.2) is 5.01 Å². The second-order valence-electron chi connectivity index (χ2n) is 4.38. The molecule has 1 aliphatic rings. The summed E-state index contributed by atoms with van der Waals surface area (Å²) in [6.45, 7) is 2.38. The number of carbonyl (C=O) groups excluding carboxylic acids is 1. The zero-order valence-electron chi connectivity index (χ0n) is 9.94. The lowest BCUT2D eigenvalue weighted by molar-refractivity contribution is -0.143. The molecule has 0 spiro atoms. The van der Waals surface area contributed by atoms with Gasteiger partial charge < -0.3 is 5.73 Å². The first-order chi connectivity index (χ1) is 7.00. The van der Waals surface area contributed by atoms with Gasteiger partial charge in [-0.15, -0.1) is 0 Å². The van der Waals surface area contributed by atoms with Gasteiger partial charge in [0.15, 0.2) is 0 Å². The van der Waals surface area contributed by atoms with Gasteiger partial charge in [0.05, 0.1) is 6.54 Å². The number of amides is 1. The quantitative estimate of drug-likeness (QED) is 0.634. The Kier molecular flexibility index (Phi) is 4.50. The summed E-state index contributed by atoms with van der Waals surface area (Å²) in [6.07, 6.45) is 2.00. The lowest BCUT2D eigenvalue weighted by Crippen LogP contribution is -2.47. The Hall–Kier alpha value is -0.650. The molecule has 1 fully saturated rings. The molecule has 1 rings (SSSR count). The maximum absolute atomic E-state index is 11.7. The van der Waals surface area contributed by atoms with Crippen LogP contribution in [0.5, 0.6) is 0 Å². The van der Waals surface area contributed by atoms with E-state index in [2.05, 4.69) is 4.90 Å². The third kappa shape index (κ3) is 3.77. The highest BCUT2D eigenvalue weighted by atomic mass is 16.2. The molecule has 0 radical (unpaired) electrons. The summed E-state index contributed by atoms with van der Waals surface area (Å²) in [5.41, 5.74) is 5.81. The molecule has 0 bridgehead atoms. The van der Waals surface area contributed by atoms with Gasteiger partial charge in [0.2, 0.25) is 0 Å². The summed E-state index contributed by atoms with van der Waals surface area (Å²) in [4.78, 5) is 13.9. The molecule has 0 aromatic rings. The number of nitrogens with zero attached hydrogens (tertiary/aromatic N) is 3. The van der Waals surface area contributed by atoms with E-state index in [0.717, 1.165) is 25.9 Å². The van der Waals surface area contributed by atoms with Crippen LogP contribution >= 0.6 is 0 Å². The molecule has 1 saturated heterocycles. The highest BCUT2D eigenvalue weighted by Gasteiger charge is 2.20. The fraction of sp³-hybridized carbons (Fsp3) is 0.900. The van der Waals surface area contributed by atoms with Gasteiger partial charge in [-0.3, -0.25) is 14.7 Å². The minimum atomic E-state index is 0.135. The molecular weight excluding hydrogens is 192 g/mol. The Morgan fingerprint density at radius 2 is 1.87 bits per heavy atom. The summed E-state index contributed by atoms with van der Waals surface area (Å²) in [7, 11) is 5.52. The maximum Gasteiger partial charge on any atom is 0.250 e. The smallest absolute Gasteiger partial charge is 0.250 e. The molecule has 1 heterocycles. The van der Waals surface area contributed by atoms with E-state index in [0.29, 0.717) is 12.6 Å². The number of piperidine rings is 1. The van der Waals surface area contributed by atoms with Crippen LogP contribution in [0.15, 0.2) is 0 Å². The van der Waals surface area contributed by atoms with Crippen molar-refractivity contribution in [3.8, 4) is 0 Å². The van der Waals surface area contributed by atoms with Gasteiger partial charge in [0.1, 0.15) is 0 Å². The normalized spacial score (nSPS) is 19.5. The van der Waals surface area contributed by atoms with Crippen LogP contribution in [-0.4, -0.2) is 67.6 Å². The third-order valence-electron chi connectivity index (χ3n) is 2.95. The Balaban J connectivity index is 2.32. The number of hydrazine groups is 1. The minimum absolute atomic E-state index is 0.135. The molecule has 2 N–H and O–H groups in total.